The highest BCUT2D eigenvalue weighted by Gasteiger charge is 2.50. The van der Waals surface area contributed by atoms with E-state index in [-0.39, 0.29) is 29.7 Å². The molecule has 0 radical (unpaired) electrons. The van der Waals surface area contributed by atoms with Crippen molar-refractivity contribution in [2.45, 2.75) is 36.1 Å². The Balaban J connectivity index is 1.71. The number of nitrogens with zero attached hydrogens (tertiary/aromatic N) is 2. The molecule has 0 spiro atoms. The van der Waals surface area contributed by atoms with Gasteiger partial charge in [0.25, 0.3) is 11.8 Å². The maximum Gasteiger partial charge on any atom is 0.348 e. The quantitative estimate of drug-likeness (QED) is 0.310. The molecule has 1 saturated heterocycles. The molecule has 4 rings (SSSR count). The van der Waals surface area contributed by atoms with E-state index in [9.17, 15) is 19.2 Å². The molecule has 2 aromatic carbocycles. The number of amides is 4. The standard InChI is InChI=1S/C22H24B6ClF2N3O4/c23-15-10(17(25)34(28)20(38)21(30,31)8-1-3-9(29)4-2-8)7-11-14(16(15)24)19(37)33(22(11,26)27)12-5-6-13(35)32-18(12)36/h1-4,7,12,17H,5-6,23-28H2,(H,32,35,36). The normalized spacial score (nSPS) is 19.6. The Labute approximate surface area is 229 Å². The van der Waals surface area contributed by atoms with E-state index in [2.05, 4.69) is 5.32 Å². The first kappa shape index (κ1) is 28.1. The largest absolute Gasteiger partial charge is 0.389 e. The van der Waals surface area contributed by atoms with Gasteiger partial charge in [-0.05, 0) is 29.7 Å². The second-order valence-corrected chi connectivity index (χ2v) is 10.9. The van der Waals surface area contributed by atoms with Crippen LogP contribution in [0.25, 0.3) is 0 Å². The van der Waals surface area contributed by atoms with Crippen LogP contribution in [-0.2, 0) is 25.6 Å². The van der Waals surface area contributed by atoms with Crippen LogP contribution in [0.1, 0.15) is 45.8 Å². The Kier molecular flexibility index (Phi) is 7.14. The van der Waals surface area contributed by atoms with Crippen LogP contribution in [-0.4, -0.2) is 86.6 Å². The van der Waals surface area contributed by atoms with E-state index in [0.29, 0.717) is 27.6 Å². The monoisotopic (exact) mass is 533 g/mol. The summed E-state index contributed by atoms with van der Waals surface area (Å²) in [6, 6.07) is 5.83. The molecule has 1 N–H and O–H groups in total. The number of rotatable bonds is 5. The lowest BCUT2D eigenvalue weighted by atomic mass is 9.56. The number of benzene rings is 2. The van der Waals surface area contributed by atoms with E-state index in [0.717, 1.165) is 16.9 Å². The molecule has 190 valence electrons. The van der Waals surface area contributed by atoms with E-state index in [4.69, 9.17) is 11.6 Å². The number of nitrogens with one attached hydrogen (secondary N) is 1. The summed E-state index contributed by atoms with van der Waals surface area (Å²) in [6.07, 6.45) is 0.341. The van der Waals surface area contributed by atoms with Gasteiger partial charge < -0.3 is 9.71 Å². The Bertz CT molecular complexity index is 1380. The molecule has 2 aliphatic heterocycles. The van der Waals surface area contributed by atoms with Gasteiger partial charge in [-0.1, -0.05) is 40.7 Å². The van der Waals surface area contributed by atoms with Crippen molar-refractivity contribution in [2.24, 2.45) is 0 Å². The highest BCUT2D eigenvalue weighted by atomic mass is 35.5. The Hall–Kier alpha value is -2.94. The van der Waals surface area contributed by atoms with Gasteiger partial charge in [0, 0.05) is 33.8 Å². The summed E-state index contributed by atoms with van der Waals surface area (Å²) < 4.78 is 30.3. The van der Waals surface area contributed by atoms with E-state index in [1.807, 2.05) is 15.7 Å². The zero-order chi connectivity index (χ0) is 28.3. The van der Waals surface area contributed by atoms with Gasteiger partial charge in [-0.25, -0.2) is 0 Å². The van der Waals surface area contributed by atoms with E-state index >= 15 is 8.78 Å². The third kappa shape index (κ3) is 4.38. The lowest BCUT2D eigenvalue weighted by Crippen LogP contribution is -2.59. The molecular formula is C22H24B6ClF2N3O4. The summed E-state index contributed by atoms with van der Waals surface area (Å²) in [5.74, 6) is -7.11. The second-order valence-electron chi connectivity index (χ2n) is 10.5. The number of halogens is 3. The van der Waals surface area contributed by atoms with Gasteiger partial charge in [0.15, 0.2) is 0 Å². The van der Waals surface area contributed by atoms with Crippen LogP contribution in [0.3, 0.4) is 0 Å². The van der Waals surface area contributed by atoms with E-state index in [1.165, 1.54) is 25.0 Å². The van der Waals surface area contributed by atoms with Crippen molar-refractivity contribution in [3.8, 4) is 0 Å². The minimum absolute atomic E-state index is 0.127. The molecule has 16 heteroatoms. The van der Waals surface area contributed by atoms with E-state index in [1.54, 1.807) is 29.6 Å². The molecule has 2 aromatic rings. The smallest absolute Gasteiger partial charge is 0.348 e. The minimum Gasteiger partial charge on any atom is -0.389 e. The molecule has 1 fully saturated rings. The summed E-state index contributed by atoms with van der Waals surface area (Å²) >= 11 is 5.82. The van der Waals surface area contributed by atoms with Crippen LogP contribution in [0, 0.1) is 0 Å². The van der Waals surface area contributed by atoms with Crippen LogP contribution in [0.4, 0.5) is 8.78 Å². The number of carbonyl (C=O) groups is 4. The number of hydrogen-bond donors (Lipinski definition) is 1. The van der Waals surface area contributed by atoms with Crippen molar-refractivity contribution in [1.82, 2.24) is 15.0 Å². The number of carbonyl (C=O) groups excluding carboxylic acids is 4. The average Bonchev–Trinajstić information content (AvgIpc) is 3.05. The third-order valence-electron chi connectivity index (χ3n) is 7.98. The number of alkyl halides is 2. The molecule has 0 saturated carbocycles. The third-order valence-corrected chi connectivity index (χ3v) is 8.23. The highest BCUT2D eigenvalue weighted by molar-refractivity contribution is 6.53. The SMILES string of the molecule is Bc1c(C(B)N(B)C(=O)C(F)(F)c2ccc(Cl)cc2)cc2c(c1B)C(=O)N(C1CCC(=O)NC1=O)C2(B)B. The second kappa shape index (κ2) is 9.67. The first-order chi connectivity index (χ1) is 17.6. The lowest BCUT2D eigenvalue weighted by molar-refractivity contribution is -0.154. The molecule has 0 aromatic heterocycles. The van der Waals surface area contributed by atoms with Crippen molar-refractivity contribution in [2.75, 3.05) is 0 Å². The Morgan fingerprint density at radius 3 is 2.34 bits per heavy atom. The number of imide groups is 1. The molecule has 38 heavy (non-hydrogen) atoms. The fourth-order valence-corrected chi connectivity index (χ4v) is 5.61. The van der Waals surface area contributed by atoms with Crippen molar-refractivity contribution in [3.63, 3.8) is 0 Å². The van der Waals surface area contributed by atoms with Crippen molar-refractivity contribution >= 4 is 93.4 Å². The first-order valence-corrected chi connectivity index (χ1v) is 12.7. The van der Waals surface area contributed by atoms with Gasteiger partial charge in [-0.15, -0.1) is 0 Å². The van der Waals surface area contributed by atoms with Gasteiger partial charge in [0.05, 0.1) is 0 Å². The zero-order valence-corrected chi connectivity index (χ0v) is 22.9. The van der Waals surface area contributed by atoms with Crippen molar-refractivity contribution < 1.29 is 28.0 Å². The van der Waals surface area contributed by atoms with Gasteiger partial charge in [-0.3, -0.25) is 24.5 Å². The molecule has 7 nitrogen and oxygen atoms in total. The van der Waals surface area contributed by atoms with Gasteiger partial charge in [0.2, 0.25) is 19.8 Å². The van der Waals surface area contributed by atoms with Crippen molar-refractivity contribution in [1.29, 1.82) is 0 Å². The van der Waals surface area contributed by atoms with Gasteiger partial charge >= 0.3 is 5.92 Å². The number of piperidine rings is 1. The first-order valence-electron chi connectivity index (χ1n) is 12.3. The number of fused-ring (bicyclic) bond motifs is 1. The molecular weight excluding hydrogens is 509 g/mol. The predicted molar refractivity (Wildman–Crippen MR) is 156 cm³/mol. The summed E-state index contributed by atoms with van der Waals surface area (Å²) in [6.45, 7) is 0. The van der Waals surface area contributed by atoms with E-state index < -0.39 is 40.6 Å². The Morgan fingerprint density at radius 1 is 1.16 bits per heavy atom. The summed E-state index contributed by atoms with van der Waals surface area (Å²) in [7, 11) is 10.2. The number of hydrogen-bond acceptors (Lipinski definition) is 4. The fourth-order valence-electron chi connectivity index (χ4n) is 5.49. The topological polar surface area (TPSA) is 86.8 Å². The summed E-state index contributed by atoms with van der Waals surface area (Å²) in [5, 5.41) is 1.68. The molecule has 0 aliphatic carbocycles. The van der Waals surface area contributed by atoms with Crippen LogP contribution < -0.4 is 16.2 Å². The van der Waals surface area contributed by atoms with Gasteiger partial charge in [-0.2, -0.15) is 8.78 Å². The summed E-state index contributed by atoms with van der Waals surface area (Å²) in [4.78, 5) is 53.5. The summed E-state index contributed by atoms with van der Waals surface area (Å²) in [5.41, 5.74) is 2.60. The van der Waals surface area contributed by atoms with Crippen LogP contribution in [0.15, 0.2) is 30.3 Å². The highest BCUT2D eigenvalue weighted by Crippen LogP contribution is 2.38. The molecule has 2 unspecified atom stereocenters. The van der Waals surface area contributed by atoms with Crippen LogP contribution in [0.5, 0.6) is 0 Å². The molecule has 0 bridgehead atoms. The zero-order valence-electron chi connectivity index (χ0n) is 22.1. The van der Waals surface area contributed by atoms with Crippen LogP contribution in [0.2, 0.25) is 5.02 Å². The van der Waals surface area contributed by atoms with Gasteiger partial charge in [0.1, 0.15) is 45.3 Å². The Morgan fingerprint density at radius 2 is 1.76 bits per heavy atom. The molecule has 4 amide bonds. The van der Waals surface area contributed by atoms with Crippen molar-refractivity contribution in [3.05, 3.63) is 57.6 Å². The molecule has 2 heterocycles. The van der Waals surface area contributed by atoms with Crippen LogP contribution >= 0.6 is 11.6 Å². The fraction of sp³-hybridized carbons (Fsp3) is 0.273. The maximum absolute atomic E-state index is 15.2. The molecule has 2 aliphatic rings. The lowest BCUT2D eigenvalue weighted by Gasteiger charge is -2.40. The average molecular weight is 533 g/mol. The maximum atomic E-state index is 15.2. The predicted octanol–water partition coefficient (Wildman–Crippen LogP) is -4.71. The minimum atomic E-state index is -3.77. The molecule has 2 atom stereocenters.